The summed E-state index contributed by atoms with van der Waals surface area (Å²) in [7, 11) is 0. The summed E-state index contributed by atoms with van der Waals surface area (Å²) < 4.78 is 2.43. The van der Waals surface area contributed by atoms with E-state index in [9.17, 15) is 14.7 Å². The van der Waals surface area contributed by atoms with Crippen molar-refractivity contribution < 1.29 is 9.90 Å². The van der Waals surface area contributed by atoms with Crippen LogP contribution < -0.4 is 5.69 Å². The Morgan fingerprint density at radius 3 is 2.41 bits per heavy atom. The van der Waals surface area contributed by atoms with Gasteiger partial charge in [0.1, 0.15) is 5.76 Å². The summed E-state index contributed by atoms with van der Waals surface area (Å²) in [5.41, 5.74) is 2.13. The van der Waals surface area contributed by atoms with Crippen LogP contribution in [0.1, 0.15) is 30.8 Å². The maximum absolute atomic E-state index is 12.7. The third kappa shape index (κ3) is 5.06. The molecule has 0 bridgehead atoms. The van der Waals surface area contributed by atoms with Gasteiger partial charge < -0.3 is 5.11 Å². The van der Waals surface area contributed by atoms with E-state index < -0.39 is 5.69 Å². The zero-order valence-electron chi connectivity index (χ0n) is 17.9. The lowest BCUT2D eigenvalue weighted by Gasteiger charge is -2.02. The Labute approximate surface area is 189 Å². The first-order valence-electron chi connectivity index (χ1n) is 9.59. The molecule has 1 N–H and O–H groups in total. The number of carbonyl (C=O) groups is 1. The minimum Gasteiger partial charge on any atom is -0.510 e. The van der Waals surface area contributed by atoms with E-state index in [0.29, 0.717) is 27.8 Å². The number of allylic oxidation sites excluding steroid dienone is 2. The SMILES string of the molecule is CC(=O)/C(N=Nc1ccc(/C=N/n2c(C)nn(-c3ccc(C)c(Cl)c3)c2=O)cc1)=C(\C)O. The van der Waals surface area contributed by atoms with Crippen LogP contribution in [0.15, 0.2) is 74.0 Å². The van der Waals surface area contributed by atoms with E-state index in [1.165, 1.54) is 29.4 Å². The molecule has 9 nitrogen and oxygen atoms in total. The number of benzene rings is 2. The highest BCUT2D eigenvalue weighted by atomic mass is 35.5. The number of aliphatic hydroxyl groups excluding tert-OH is 1. The molecule has 0 atom stereocenters. The van der Waals surface area contributed by atoms with E-state index in [-0.39, 0.29) is 17.2 Å². The molecule has 32 heavy (non-hydrogen) atoms. The zero-order chi connectivity index (χ0) is 23.4. The van der Waals surface area contributed by atoms with Crippen molar-refractivity contribution in [2.45, 2.75) is 27.7 Å². The number of hydrogen-bond acceptors (Lipinski definition) is 7. The van der Waals surface area contributed by atoms with Gasteiger partial charge in [-0.1, -0.05) is 29.8 Å². The van der Waals surface area contributed by atoms with Crippen molar-refractivity contribution in [3.8, 4) is 5.69 Å². The first kappa shape index (κ1) is 22.8. The number of hydrogen-bond donors (Lipinski definition) is 1. The van der Waals surface area contributed by atoms with Gasteiger partial charge in [0.2, 0.25) is 0 Å². The maximum atomic E-state index is 12.7. The van der Waals surface area contributed by atoms with Gasteiger partial charge in [0, 0.05) is 11.9 Å². The molecule has 0 unspecified atom stereocenters. The second-order valence-electron chi connectivity index (χ2n) is 7.01. The molecule has 0 aliphatic heterocycles. The molecule has 1 heterocycles. The topological polar surface area (TPSA) is 114 Å². The predicted molar refractivity (Wildman–Crippen MR) is 122 cm³/mol. The minimum absolute atomic E-state index is 0.0997. The van der Waals surface area contributed by atoms with Crippen molar-refractivity contribution in [2.75, 3.05) is 0 Å². The van der Waals surface area contributed by atoms with Crippen LogP contribution in [0.4, 0.5) is 5.69 Å². The maximum Gasteiger partial charge on any atom is 0.371 e. The van der Waals surface area contributed by atoms with Crippen LogP contribution in [0.2, 0.25) is 5.02 Å². The molecular formula is C22H21ClN6O3. The highest BCUT2D eigenvalue weighted by molar-refractivity contribution is 6.31. The first-order chi connectivity index (χ1) is 15.2. The van der Waals surface area contributed by atoms with Crippen LogP contribution in [0.5, 0.6) is 0 Å². The molecule has 3 rings (SSSR count). The van der Waals surface area contributed by atoms with Crippen LogP contribution in [-0.4, -0.2) is 31.6 Å². The number of Topliss-reactive ketones (excluding diaryl/α,β-unsaturated/α-hetero) is 1. The van der Waals surface area contributed by atoms with Crippen molar-refractivity contribution in [1.82, 2.24) is 14.5 Å². The quantitative estimate of drug-likeness (QED) is 0.253. The second kappa shape index (κ2) is 9.52. The molecule has 0 saturated carbocycles. The lowest BCUT2D eigenvalue weighted by atomic mass is 10.2. The van der Waals surface area contributed by atoms with E-state index >= 15 is 0 Å². The Morgan fingerprint density at radius 2 is 1.81 bits per heavy atom. The molecule has 0 aliphatic carbocycles. The number of rotatable bonds is 6. The smallest absolute Gasteiger partial charge is 0.371 e. The van der Waals surface area contributed by atoms with Gasteiger partial charge in [0.25, 0.3) is 0 Å². The summed E-state index contributed by atoms with van der Waals surface area (Å²) in [5, 5.41) is 26.3. The lowest BCUT2D eigenvalue weighted by molar-refractivity contribution is -0.113. The molecule has 1 aromatic heterocycles. The van der Waals surface area contributed by atoms with Crippen LogP contribution >= 0.6 is 11.6 Å². The van der Waals surface area contributed by atoms with E-state index in [1.54, 1.807) is 43.3 Å². The highest BCUT2D eigenvalue weighted by Crippen LogP contribution is 2.18. The Bertz CT molecular complexity index is 1310. The predicted octanol–water partition coefficient (Wildman–Crippen LogP) is 4.65. The number of aryl methyl sites for hydroxylation is 2. The number of aliphatic hydroxyl groups is 1. The fraction of sp³-hybridized carbons (Fsp3) is 0.182. The Morgan fingerprint density at radius 1 is 1.12 bits per heavy atom. The van der Waals surface area contributed by atoms with Crippen LogP contribution in [0.25, 0.3) is 5.69 Å². The van der Waals surface area contributed by atoms with Crippen LogP contribution in [0.3, 0.4) is 0 Å². The van der Waals surface area contributed by atoms with Crippen molar-refractivity contribution in [2.24, 2.45) is 15.3 Å². The van der Waals surface area contributed by atoms with Crippen molar-refractivity contribution in [3.05, 3.63) is 86.4 Å². The summed E-state index contributed by atoms with van der Waals surface area (Å²) >= 11 is 6.16. The van der Waals surface area contributed by atoms with Crippen molar-refractivity contribution >= 4 is 29.3 Å². The van der Waals surface area contributed by atoms with E-state index in [4.69, 9.17) is 11.6 Å². The van der Waals surface area contributed by atoms with E-state index in [2.05, 4.69) is 20.4 Å². The fourth-order valence-corrected chi connectivity index (χ4v) is 2.90. The molecular weight excluding hydrogens is 432 g/mol. The van der Waals surface area contributed by atoms with Gasteiger partial charge in [0.15, 0.2) is 17.3 Å². The molecule has 0 aliphatic rings. The van der Waals surface area contributed by atoms with Gasteiger partial charge >= 0.3 is 5.69 Å². The number of carbonyl (C=O) groups excluding carboxylic acids is 1. The molecule has 0 fully saturated rings. The van der Waals surface area contributed by atoms with Gasteiger partial charge in [-0.3, -0.25) is 4.79 Å². The van der Waals surface area contributed by atoms with Crippen molar-refractivity contribution in [3.63, 3.8) is 0 Å². The summed E-state index contributed by atoms with van der Waals surface area (Å²) in [5.74, 6) is -0.165. The monoisotopic (exact) mass is 452 g/mol. The van der Waals surface area contributed by atoms with Gasteiger partial charge in [-0.05, 0) is 56.2 Å². The molecule has 0 spiro atoms. The summed E-state index contributed by atoms with van der Waals surface area (Å²) in [6.45, 7) is 6.22. The van der Waals surface area contributed by atoms with Gasteiger partial charge in [-0.2, -0.15) is 19.6 Å². The van der Waals surface area contributed by atoms with Gasteiger partial charge in [-0.15, -0.1) is 10.2 Å². The lowest BCUT2D eigenvalue weighted by Crippen LogP contribution is -2.22. The average molecular weight is 453 g/mol. The Kier molecular flexibility index (Phi) is 6.79. The summed E-state index contributed by atoms with van der Waals surface area (Å²) in [6, 6.07) is 12.1. The second-order valence-corrected chi connectivity index (χ2v) is 7.42. The fourth-order valence-electron chi connectivity index (χ4n) is 2.73. The molecule has 0 saturated heterocycles. The third-order valence-electron chi connectivity index (χ3n) is 4.47. The Balaban J connectivity index is 1.82. The average Bonchev–Trinajstić information content (AvgIpc) is 3.02. The van der Waals surface area contributed by atoms with Gasteiger partial charge in [0.05, 0.1) is 17.6 Å². The van der Waals surface area contributed by atoms with Gasteiger partial charge in [-0.25, -0.2) is 4.79 Å². The first-order valence-corrected chi connectivity index (χ1v) is 9.97. The molecule has 0 radical (unpaired) electrons. The number of nitrogens with zero attached hydrogens (tertiary/aromatic N) is 6. The number of halogens is 1. The highest BCUT2D eigenvalue weighted by Gasteiger charge is 2.12. The van der Waals surface area contributed by atoms with Crippen LogP contribution in [0, 0.1) is 13.8 Å². The molecule has 3 aromatic rings. The summed E-state index contributed by atoms with van der Waals surface area (Å²) in [6.07, 6.45) is 1.52. The zero-order valence-corrected chi connectivity index (χ0v) is 18.7. The molecule has 10 heteroatoms. The molecule has 0 amide bonds. The van der Waals surface area contributed by atoms with Crippen LogP contribution in [-0.2, 0) is 4.79 Å². The van der Waals surface area contributed by atoms with E-state index in [1.807, 2.05) is 13.0 Å². The summed E-state index contributed by atoms with van der Waals surface area (Å²) in [4.78, 5) is 24.2. The normalized spacial score (nSPS) is 12.5. The number of ketones is 1. The third-order valence-corrected chi connectivity index (χ3v) is 4.88. The Hall–Kier alpha value is -3.85. The minimum atomic E-state index is -0.424. The van der Waals surface area contributed by atoms with Crippen molar-refractivity contribution in [1.29, 1.82) is 0 Å². The van der Waals surface area contributed by atoms with E-state index in [0.717, 1.165) is 5.56 Å². The molecule has 2 aromatic carbocycles. The largest absolute Gasteiger partial charge is 0.510 e. The standard InChI is InChI=1S/C22H21ClN6O3/c1-13-5-10-19(11-20(13)23)29-22(32)28(16(4)27-29)24-12-17-6-8-18(9-7-17)25-26-21(14(2)30)15(3)31/h5-12,30H,1-4H3/b21-14-,24-12+,26-25?. The number of aromatic nitrogens is 3. The number of azo groups is 1. The molecule has 164 valence electrons.